The first-order valence-corrected chi connectivity index (χ1v) is 10.2. The largest absolute Gasteiger partial charge is 0.462 e. The van der Waals surface area contributed by atoms with Gasteiger partial charge in [-0.3, -0.25) is 4.79 Å². The Labute approximate surface area is 150 Å². The highest BCUT2D eigenvalue weighted by molar-refractivity contribution is 5.66. The van der Waals surface area contributed by atoms with Crippen LogP contribution in [0.5, 0.6) is 0 Å². The predicted octanol–water partition coefficient (Wildman–Crippen LogP) is 5.60. The van der Waals surface area contributed by atoms with Crippen LogP contribution in [-0.2, 0) is 9.53 Å². The van der Waals surface area contributed by atoms with Gasteiger partial charge in [-0.2, -0.15) is 0 Å². The number of halogens is 2. The number of hydrogen-bond donors (Lipinski definition) is 0. The third-order valence-electron chi connectivity index (χ3n) is 8.86. The average Bonchev–Trinajstić information content (AvgIpc) is 2.84. The average molecular weight is 354 g/mol. The molecule has 0 amide bonds. The molecule has 7 atom stereocenters. The normalized spacial score (nSPS) is 51.2. The summed E-state index contributed by atoms with van der Waals surface area (Å²) in [5, 5.41) is 0. The number of hydrogen-bond acceptors (Lipinski definition) is 2. The molecule has 0 aliphatic heterocycles. The molecule has 0 heterocycles. The summed E-state index contributed by atoms with van der Waals surface area (Å²) in [6, 6.07) is 0. The number of carbonyl (C=O) groups is 1. The van der Waals surface area contributed by atoms with Crippen molar-refractivity contribution >= 4 is 5.97 Å². The van der Waals surface area contributed by atoms with Crippen LogP contribution in [0.15, 0.2) is 0 Å². The Balaban J connectivity index is 1.57. The van der Waals surface area contributed by atoms with Gasteiger partial charge in [-0.1, -0.05) is 13.8 Å². The van der Waals surface area contributed by atoms with E-state index in [2.05, 4.69) is 13.8 Å². The van der Waals surface area contributed by atoms with Gasteiger partial charge in [-0.05, 0) is 74.0 Å². The van der Waals surface area contributed by atoms with E-state index < -0.39 is 5.92 Å². The number of ether oxygens (including phenoxy) is 1. The van der Waals surface area contributed by atoms with Crippen molar-refractivity contribution < 1.29 is 18.3 Å². The molecule has 0 aromatic rings. The van der Waals surface area contributed by atoms with E-state index in [4.69, 9.17) is 4.74 Å². The lowest BCUT2D eigenvalue weighted by atomic mass is 9.45. The SMILES string of the molecule is CC(=O)O[C@H]1CC[C@H]2[C@@H]3CC[C@@H]4CC(F)(F)CC[C@]4(C)[C@H]3CC[C@]12C. The first-order valence-electron chi connectivity index (χ1n) is 10.2. The molecule has 4 aliphatic carbocycles. The standard InChI is InChI=1S/C21H32F2O2/c1-13(24)25-18-7-6-16-15-5-4-14-12-21(22,23)11-10-19(14,2)17(15)8-9-20(16,18)3/h14-18H,4-12H2,1-3H3/t14-,15+,16+,17+,18+,19+,20+/m1/s1. The second-order valence-corrected chi connectivity index (χ2v) is 9.94. The predicted molar refractivity (Wildman–Crippen MR) is 92.2 cm³/mol. The Morgan fingerprint density at radius 2 is 1.64 bits per heavy atom. The van der Waals surface area contributed by atoms with E-state index in [1.807, 2.05) is 0 Å². The zero-order chi connectivity index (χ0) is 18.0. The van der Waals surface area contributed by atoms with E-state index in [1.165, 1.54) is 6.92 Å². The minimum Gasteiger partial charge on any atom is -0.462 e. The topological polar surface area (TPSA) is 26.3 Å². The highest BCUT2D eigenvalue weighted by atomic mass is 19.3. The lowest BCUT2D eigenvalue weighted by Crippen LogP contribution is -2.55. The zero-order valence-electron chi connectivity index (χ0n) is 15.8. The summed E-state index contributed by atoms with van der Waals surface area (Å²) in [6.07, 6.45) is 7.26. The maximum absolute atomic E-state index is 14.0. The lowest BCUT2D eigenvalue weighted by molar-refractivity contribution is -0.174. The number of alkyl halides is 2. The van der Waals surface area contributed by atoms with Gasteiger partial charge in [0.25, 0.3) is 0 Å². The maximum atomic E-state index is 14.0. The molecule has 0 radical (unpaired) electrons. The van der Waals surface area contributed by atoms with Gasteiger partial charge in [0.05, 0.1) is 0 Å². The second-order valence-electron chi connectivity index (χ2n) is 9.94. The van der Waals surface area contributed by atoms with Gasteiger partial charge in [0.15, 0.2) is 0 Å². The summed E-state index contributed by atoms with van der Waals surface area (Å²) in [6.45, 7) is 6.14. The Bertz CT molecular complexity index is 562. The van der Waals surface area contributed by atoms with Crippen molar-refractivity contribution in [1.29, 1.82) is 0 Å². The molecule has 0 saturated heterocycles. The third kappa shape index (κ3) is 2.65. The van der Waals surface area contributed by atoms with E-state index in [9.17, 15) is 13.6 Å². The van der Waals surface area contributed by atoms with E-state index in [-0.39, 0.29) is 41.7 Å². The van der Waals surface area contributed by atoms with Crippen LogP contribution in [-0.4, -0.2) is 18.0 Å². The van der Waals surface area contributed by atoms with Crippen LogP contribution in [0.3, 0.4) is 0 Å². The van der Waals surface area contributed by atoms with Gasteiger partial charge in [-0.15, -0.1) is 0 Å². The van der Waals surface area contributed by atoms with Crippen molar-refractivity contribution in [2.24, 2.45) is 34.5 Å². The molecule has 4 fully saturated rings. The molecule has 4 heteroatoms. The van der Waals surface area contributed by atoms with Crippen molar-refractivity contribution in [2.75, 3.05) is 0 Å². The van der Waals surface area contributed by atoms with Crippen LogP contribution in [0.2, 0.25) is 0 Å². The molecule has 0 unspecified atom stereocenters. The summed E-state index contributed by atoms with van der Waals surface area (Å²) in [4.78, 5) is 11.5. The number of fused-ring (bicyclic) bond motifs is 5. The Hall–Kier alpha value is -0.670. The molecule has 0 spiro atoms. The van der Waals surface area contributed by atoms with Gasteiger partial charge in [-0.25, -0.2) is 8.78 Å². The Morgan fingerprint density at radius 1 is 0.920 bits per heavy atom. The molecule has 0 aromatic heterocycles. The Kier molecular flexibility index (Phi) is 4.01. The monoisotopic (exact) mass is 354 g/mol. The summed E-state index contributed by atoms with van der Waals surface area (Å²) in [5.41, 5.74) is 0.181. The smallest absolute Gasteiger partial charge is 0.302 e. The lowest BCUT2D eigenvalue weighted by Gasteiger charge is -2.60. The fourth-order valence-electron chi connectivity index (χ4n) is 7.52. The third-order valence-corrected chi connectivity index (χ3v) is 8.86. The zero-order valence-corrected chi connectivity index (χ0v) is 15.8. The van der Waals surface area contributed by atoms with Crippen molar-refractivity contribution in [3.8, 4) is 0 Å². The number of carbonyl (C=O) groups excluding carboxylic acids is 1. The van der Waals surface area contributed by atoms with E-state index in [0.29, 0.717) is 24.2 Å². The van der Waals surface area contributed by atoms with E-state index >= 15 is 0 Å². The van der Waals surface area contributed by atoms with Gasteiger partial charge < -0.3 is 4.74 Å². The van der Waals surface area contributed by atoms with Gasteiger partial charge >= 0.3 is 5.97 Å². The molecular formula is C21H32F2O2. The molecule has 142 valence electrons. The molecule has 4 aliphatic rings. The first kappa shape index (κ1) is 17.7. The van der Waals surface area contributed by atoms with Crippen molar-refractivity contribution in [3.63, 3.8) is 0 Å². The summed E-state index contributed by atoms with van der Waals surface area (Å²) >= 11 is 0. The maximum Gasteiger partial charge on any atom is 0.302 e. The first-order chi connectivity index (χ1) is 11.7. The summed E-state index contributed by atoms with van der Waals surface area (Å²) < 4.78 is 33.6. The molecule has 0 N–H and O–H groups in total. The molecule has 2 nitrogen and oxygen atoms in total. The molecule has 4 rings (SSSR count). The minimum absolute atomic E-state index is 0.0529. The van der Waals surface area contributed by atoms with Crippen molar-refractivity contribution in [1.82, 2.24) is 0 Å². The van der Waals surface area contributed by atoms with Gasteiger partial charge in [0.1, 0.15) is 6.10 Å². The van der Waals surface area contributed by atoms with Crippen molar-refractivity contribution in [2.45, 2.75) is 90.6 Å². The van der Waals surface area contributed by atoms with E-state index in [0.717, 1.165) is 38.5 Å². The molecule has 0 bridgehead atoms. The summed E-state index contributed by atoms with van der Waals surface area (Å²) in [7, 11) is 0. The number of rotatable bonds is 1. The summed E-state index contributed by atoms with van der Waals surface area (Å²) in [5.74, 6) is -0.625. The Morgan fingerprint density at radius 3 is 2.36 bits per heavy atom. The number of esters is 1. The highest BCUT2D eigenvalue weighted by Crippen LogP contribution is 2.67. The minimum atomic E-state index is -2.45. The van der Waals surface area contributed by atoms with Gasteiger partial charge in [0.2, 0.25) is 5.92 Å². The van der Waals surface area contributed by atoms with Crippen molar-refractivity contribution in [3.05, 3.63) is 0 Å². The van der Waals surface area contributed by atoms with Gasteiger partial charge in [0, 0.05) is 25.2 Å². The van der Waals surface area contributed by atoms with Crippen LogP contribution >= 0.6 is 0 Å². The quantitative estimate of drug-likeness (QED) is 0.573. The highest BCUT2D eigenvalue weighted by Gasteiger charge is 2.62. The van der Waals surface area contributed by atoms with Crippen LogP contribution in [0, 0.1) is 34.5 Å². The molecule has 4 saturated carbocycles. The molecule has 0 aromatic carbocycles. The fraction of sp³-hybridized carbons (Fsp3) is 0.952. The molecular weight excluding hydrogens is 322 g/mol. The van der Waals surface area contributed by atoms with Crippen LogP contribution in [0.1, 0.15) is 78.6 Å². The van der Waals surface area contributed by atoms with E-state index in [1.54, 1.807) is 0 Å². The van der Waals surface area contributed by atoms with Crippen LogP contribution < -0.4 is 0 Å². The van der Waals surface area contributed by atoms with Crippen LogP contribution in [0.25, 0.3) is 0 Å². The van der Waals surface area contributed by atoms with Crippen LogP contribution in [0.4, 0.5) is 8.78 Å². The molecule has 25 heavy (non-hydrogen) atoms. The fourth-order valence-corrected chi connectivity index (χ4v) is 7.52. The second kappa shape index (κ2) is 5.66.